The molecular weight excluding hydrogens is 284 g/mol. The van der Waals surface area contributed by atoms with Crippen LogP contribution in [-0.2, 0) is 6.42 Å². The van der Waals surface area contributed by atoms with Gasteiger partial charge >= 0.3 is 0 Å². The number of thioether (sulfide) groups is 1. The smallest absolute Gasteiger partial charge is 0.134 e. The second-order valence-corrected chi connectivity index (χ2v) is 6.10. The van der Waals surface area contributed by atoms with Gasteiger partial charge in [0, 0.05) is 17.1 Å². The molecule has 2 unspecified atom stereocenters. The third kappa shape index (κ3) is 3.34. The summed E-state index contributed by atoms with van der Waals surface area (Å²) < 4.78 is 11.1. The fourth-order valence-electron chi connectivity index (χ4n) is 2.40. The van der Waals surface area contributed by atoms with Gasteiger partial charge in [-0.15, -0.1) is 11.8 Å². The maximum Gasteiger partial charge on any atom is 0.134 e. The van der Waals surface area contributed by atoms with E-state index in [-0.39, 0.29) is 6.10 Å². The maximum absolute atomic E-state index is 10.4. The van der Waals surface area contributed by atoms with Crippen LogP contribution in [0.1, 0.15) is 5.56 Å². The van der Waals surface area contributed by atoms with Crippen LogP contribution in [0.5, 0.6) is 11.5 Å². The molecule has 1 aliphatic rings. The molecule has 0 aromatic heterocycles. The van der Waals surface area contributed by atoms with E-state index in [0.717, 1.165) is 27.7 Å². The van der Waals surface area contributed by atoms with Gasteiger partial charge in [0.15, 0.2) is 0 Å². The number of methoxy groups -OCH3 is 1. The summed E-state index contributed by atoms with van der Waals surface area (Å²) >= 11 is 1.73. The fourth-order valence-corrected chi connectivity index (χ4v) is 3.46. The van der Waals surface area contributed by atoms with Crippen molar-refractivity contribution in [2.45, 2.75) is 23.5 Å². The Morgan fingerprint density at radius 2 is 2.14 bits per heavy atom. The molecule has 3 nitrogen and oxygen atoms in total. The lowest BCUT2D eigenvalue weighted by Gasteiger charge is -2.29. The molecule has 2 aromatic rings. The molecule has 0 amide bonds. The lowest BCUT2D eigenvalue weighted by atomic mass is 10.0. The molecule has 2 aromatic carbocycles. The van der Waals surface area contributed by atoms with E-state index in [1.54, 1.807) is 18.9 Å². The van der Waals surface area contributed by atoms with Crippen molar-refractivity contribution in [3.63, 3.8) is 0 Å². The number of aliphatic hydroxyl groups excluding tert-OH is 1. The van der Waals surface area contributed by atoms with E-state index in [2.05, 4.69) is 0 Å². The van der Waals surface area contributed by atoms with Gasteiger partial charge in [0.25, 0.3) is 0 Å². The highest BCUT2D eigenvalue weighted by Crippen LogP contribution is 2.36. The van der Waals surface area contributed by atoms with E-state index < -0.39 is 6.10 Å². The Morgan fingerprint density at radius 3 is 3.00 bits per heavy atom. The molecule has 1 aliphatic heterocycles. The van der Waals surface area contributed by atoms with Crippen molar-refractivity contribution in [2.24, 2.45) is 0 Å². The number of ether oxygens (including phenoxy) is 2. The van der Waals surface area contributed by atoms with Gasteiger partial charge in [-0.1, -0.05) is 24.3 Å². The van der Waals surface area contributed by atoms with Crippen LogP contribution in [0.2, 0.25) is 0 Å². The summed E-state index contributed by atoms with van der Waals surface area (Å²) in [6.07, 6.45) is -0.154. The predicted octanol–water partition coefficient (Wildman–Crippen LogP) is 3.15. The normalized spacial score (nSPS) is 18.5. The predicted molar refractivity (Wildman–Crippen MR) is 84.3 cm³/mol. The quantitative estimate of drug-likeness (QED) is 0.941. The van der Waals surface area contributed by atoms with E-state index in [4.69, 9.17) is 9.47 Å². The molecule has 0 saturated heterocycles. The minimum absolute atomic E-state index is 0.184. The highest BCUT2D eigenvalue weighted by molar-refractivity contribution is 7.99. The number of hydrogen-bond donors (Lipinski definition) is 1. The highest BCUT2D eigenvalue weighted by atomic mass is 32.2. The number of fused-ring (bicyclic) bond motifs is 1. The Kier molecular flexibility index (Phi) is 4.36. The van der Waals surface area contributed by atoms with Crippen LogP contribution in [0.15, 0.2) is 53.4 Å². The molecule has 1 N–H and O–H groups in total. The molecule has 3 rings (SSSR count). The zero-order chi connectivity index (χ0) is 14.7. The van der Waals surface area contributed by atoms with Crippen molar-refractivity contribution >= 4 is 11.8 Å². The summed E-state index contributed by atoms with van der Waals surface area (Å²) in [6, 6.07) is 15.7. The lowest BCUT2D eigenvalue weighted by molar-refractivity contribution is 0.0468. The molecule has 2 atom stereocenters. The largest absolute Gasteiger partial charge is 0.497 e. The summed E-state index contributed by atoms with van der Waals surface area (Å²) in [4.78, 5) is 1.14. The van der Waals surface area contributed by atoms with Crippen LogP contribution in [0.3, 0.4) is 0 Å². The molecule has 0 spiro atoms. The van der Waals surface area contributed by atoms with Gasteiger partial charge in [0.05, 0.1) is 13.2 Å². The Balaban J connectivity index is 1.67. The summed E-state index contributed by atoms with van der Waals surface area (Å²) in [6.45, 7) is 0. The molecule has 0 bridgehead atoms. The Hall–Kier alpha value is -1.65. The van der Waals surface area contributed by atoms with E-state index in [1.807, 2.05) is 48.5 Å². The zero-order valence-electron chi connectivity index (χ0n) is 11.9. The SMILES string of the molecule is COc1cccc(CC(O)C2CSc3ccccc3O2)c1. The van der Waals surface area contributed by atoms with Crippen molar-refractivity contribution in [3.05, 3.63) is 54.1 Å². The number of rotatable bonds is 4. The van der Waals surface area contributed by atoms with Crippen molar-refractivity contribution < 1.29 is 14.6 Å². The van der Waals surface area contributed by atoms with Crippen molar-refractivity contribution in [1.82, 2.24) is 0 Å². The number of hydrogen-bond acceptors (Lipinski definition) is 4. The van der Waals surface area contributed by atoms with Crippen LogP contribution >= 0.6 is 11.8 Å². The minimum atomic E-state index is -0.530. The molecule has 1 heterocycles. The van der Waals surface area contributed by atoms with E-state index in [9.17, 15) is 5.11 Å². The molecule has 21 heavy (non-hydrogen) atoms. The van der Waals surface area contributed by atoms with E-state index in [0.29, 0.717) is 6.42 Å². The Labute approximate surface area is 128 Å². The van der Waals surface area contributed by atoms with Crippen LogP contribution < -0.4 is 9.47 Å². The number of para-hydroxylation sites is 1. The zero-order valence-corrected chi connectivity index (χ0v) is 12.7. The van der Waals surface area contributed by atoms with E-state index >= 15 is 0 Å². The average molecular weight is 302 g/mol. The third-order valence-corrected chi connectivity index (χ3v) is 4.68. The van der Waals surface area contributed by atoms with Crippen LogP contribution in [-0.4, -0.2) is 30.2 Å². The standard InChI is InChI=1S/C17H18O3S/c1-19-13-6-4-5-12(9-13)10-14(18)16-11-21-17-8-3-2-7-15(17)20-16/h2-9,14,16,18H,10-11H2,1H3. The molecule has 0 fully saturated rings. The van der Waals surface area contributed by atoms with Gasteiger partial charge < -0.3 is 14.6 Å². The molecule has 4 heteroatoms. The first-order chi connectivity index (χ1) is 10.3. The summed E-state index contributed by atoms with van der Waals surface area (Å²) in [5.74, 6) is 2.44. The first-order valence-corrected chi connectivity index (χ1v) is 7.94. The first-order valence-electron chi connectivity index (χ1n) is 6.96. The Bertz CT molecular complexity index is 614. The molecule has 0 saturated carbocycles. The summed E-state index contributed by atoms with van der Waals surface area (Å²) in [5.41, 5.74) is 1.05. The second-order valence-electron chi connectivity index (χ2n) is 5.04. The van der Waals surface area contributed by atoms with Crippen LogP contribution in [0.25, 0.3) is 0 Å². The maximum atomic E-state index is 10.4. The summed E-state index contributed by atoms with van der Waals surface area (Å²) in [5, 5.41) is 10.4. The fraction of sp³-hybridized carbons (Fsp3) is 0.294. The average Bonchev–Trinajstić information content (AvgIpc) is 2.54. The van der Waals surface area contributed by atoms with Crippen molar-refractivity contribution in [3.8, 4) is 11.5 Å². The highest BCUT2D eigenvalue weighted by Gasteiger charge is 2.26. The van der Waals surface area contributed by atoms with Gasteiger partial charge in [-0.05, 0) is 29.8 Å². The van der Waals surface area contributed by atoms with Gasteiger partial charge in [-0.2, -0.15) is 0 Å². The molecule has 0 aliphatic carbocycles. The topological polar surface area (TPSA) is 38.7 Å². The number of aliphatic hydroxyl groups is 1. The molecule has 110 valence electrons. The van der Waals surface area contributed by atoms with E-state index in [1.165, 1.54) is 0 Å². The Morgan fingerprint density at radius 1 is 1.29 bits per heavy atom. The lowest BCUT2D eigenvalue weighted by Crippen LogP contribution is -2.37. The van der Waals surface area contributed by atoms with Crippen molar-refractivity contribution in [1.29, 1.82) is 0 Å². The van der Waals surface area contributed by atoms with Crippen LogP contribution in [0, 0.1) is 0 Å². The first kappa shape index (κ1) is 14.3. The van der Waals surface area contributed by atoms with Crippen molar-refractivity contribution in [2.75, 3.05) is 12.9 Å². The number of benzene rings is 2. The molecular formula is C17H18O3S. The van der Waals surface area contributed by atoms with Gasteiger partial charge in [0.1, 0.15) is 17.6 Å². The van der Waals surface area contributed by atoms with Gasteiger partial charge in [0.2, 0.25) is 0 Å². The minimum Gasteiger partial charge on any atom is -0.497 e. The van der Waals surface area contributed by atoms with Gasteiger partial charge in [-0.25, -0.2) is 0 Å². The molecule has 0 radical (unpaired) electrons. The monoisotopic (exact) mass is 302 g/mol. The third-order valence-electron chi connectivity index (χ3n) is 3.54. The van der Waals surface area contributed by atoms with Gasteiger partial charge in [-0.3, -0.25) is 0 Å². The second kappa shape index (κ2) is 6.41. The summed E-state index contributed by atoms with van der Waals surface area (Å²) in [7, 11) is 1.65. The van der Waals surface area contributed by atoms with Crippen LogP contribution in [0.4, 0.5) is 0 Å².